The van der Waals surface area contributed by atoms with E-state index in [1.165, 1.54) is 16.7 Å². The van der Waals surface area contributed by atoms with Crippen molar-refractivity contribution in [2.45, 2.75) is 59.2 Å². The number of epoxide rings is 1. The third kappa shape index (κ3) is 2.86. The summed E-state index contributed by atoms with van der Waals surface area (Å²) < 4.78 is 11.4. The first-order valence-corrected chi connectivity index (χ1v) is 7.12. The van der Waals surface area contributed by atoms with Crippen molar-refractivity contribution < 1.29 is 9.47 Å². The number of benzene rings is 1. The Labute approximate surface area is 110 Å². The normalized spacial score (nSPS) is 22.0. The Morgan fingerprint density at radius 1 is 1.06 bits per heavy atom. The molecule has 1 aromatic rings. The monoisotopic (exact) mass is 248 g/mol. The summed E-state index contributed by atoms with van der Waals surface area (Å²) in [5.41, 5.74) is 4.08. The smallest absolute Gasteiger partial charge is 0.125 e. The number of hydrogen-bond donors (Lipinski definition) is 0. The van der Waals surface area contributed by atoms with Gasteiger partial charge >= 0.3 is 0 Å². The third-order valence-electron chi connectivity index (χ3n) is 3.70. The lowest BCUT2D eigenvalue weighted by Crippen LogP contribution is -2.09. The van der Waals surface area contributed by atoms with E-state index in [9.17, 15) is 0 Å². The quantitative estimate of drug-likeness (QED) is 0.718. The molecule has 1 aliphatic heterocycles. The molecule has 1 aromatic carbocycles. The molecule has 1 aliphatic rings. The van der Waals surface area contributed by atoms with Gasteiger partial charge in [0.1, 0.15) is 18.5 Å². The van der Waals surface area contributed by atoms with E-state index in [2.05, 4.69) is 39.8 Å². The molecule has 0 spiro atoms. The van der Waals surface area contributed by atoms with Gasteiger partial charge in [-0.1, -0.05) is 32.9 Å². The van der Waals surface area contributed by atoms with E-state index in [4.69, 9.17) is 9.47 Å². The Hall–Kier alpha value is -1.02. The van der Waals surface area contributed by atoms with E-state index < -0.39 is 0 Å². The van der Waals surface area contributed by atoms with Crippen molar-refractivity contribution in [1.29, 1.82) is 0 Å². The zero-order valence-corrected chi connectivity index (χ0v) is 12.0. The van der Waals surface area contributed by atoms with Gasteiger partial charge in [-0.3, -0.25) is 0 Å². The van der Waals surface area contributed by atoms with E-state index in [0.717, 1.165) is 25.0 Å². The molecule has 0 aromatic heterocycles. The summed E-state index contributed by atoms with van der Waals surface area (Å²) in [6.07, 6.45) is 3.80. The fourth-order valence-corrected chi connectivity index (χ4v) is 2.31. The summed E-state index contributed by atoms with van der Waals surface area (Å²) in [6.45, 7) is 9.37. The second-order valence-electron chi connectivity index (χ2n) is 4.99. The fourth-order valence-electron chi connectivity index (χ4n) is 2.31. The van der Waals surface area contributed by atoms with Crippen LogP contribution < -0.4 is 4.74 Å². The van der Waals surface area contributed by atoms with Crippen molar-refractivity contribution in [3.05, 3.63) is 28.8 Å². The van der Waals surface area contributed by atoms with E-state index >= 15 is 0 Å². The van der Waals surface area contributed by atoms with Gasteiger partial charge in [-0.25, -0.2) is 0 Å². The van der Waals surface area contributed by atoms with E-state index in [-0.39, 0.29) is 0 Å². The van der Waals surface area contributed by atoms with Gasteiger partial charge in [-0.15, -0.1) is 0 Å². The first kappa shape index (κ1) is 13.4. The Morgan fingerprint density at radius 3 is 2.00 bits per heavy atom. The van der Waals surface area contributed by atoms with Crippen LogP contribution in [0.1, 0.15) is 44.4 Å². The highest BCUT2D eigenvalue weighted by atomic mass is 16.6. The molecule has 2 nitrogen and oxygen atoms in total. The minimum Gasteiger partial charge on any atom is -0.490 e. The number of aryl methyl sites for hydroxylation is 3. The van der Waals surface area contributed by atoms with Crippen LogP contribution in [-0.2, 0) is 24.0 Å². The average molecular weight is 248 g/mol. The van der Waals surface area contributed by atoms with Gasteiger partial charge in [-0.05, 0) is 42.9 Å². The Kier molecular flexibility index (Phi) is 4.28. The van der Waals surface area contributed by atoms with Gasteiger partial charge in [0, 0.05) is 0 Å². The SMILES string of the molecule is CCc1cc(CC)c(OCC2OC2C)c(CC)c1. The minimum absolute atomic E-state index is 0.297. The molecule has 0 radical (unpaired) electrons. The Balaban J connectivity index is 2.19. The van der Waals surface area contributed by atoms with Crippen LogP contribution in [0, 0.1) is 0 Å². The molecule has 0 N–H and O–H groups in total. The van der Waals surface area contributed by atoms with Crippen molar-refractivity contribution in [3.63, 3.8) is 0 Å². The Morgan fingerprint density at radius 2 is 1.61 bits per heavy atom. The van der Waals surface area contributed by atoms with Gasteiger partial charge in [0.05, 0.1) is 6.10 Å². The number of ether oxygens (including phenoxy) is 2. The lowest BCUT2D eigenvalue weighted by Gasteiger charge is -2.16. The fraction of sp³-hybridized carbons (Fsp3) is 0.625. The molecule has 2 unspecified atom stereocenters. The van der Waals surface area contributed by atoms with Crippen LogP contribution in [0.4, 0.5) is 0 Å². The van der Waals surface area contributed by atoms with Crippen molar-refractivity contribution in [2.24, 2.45) is 0 Å². The molecule has 2 heteroatoms. The largest absolute Gasteiger partial charge is 0.490 e. The molecule has 0 bridgehead atoms. The second-order valence-corrected chi connectivity index (χ2v) is 4.99. The lowest BCUT2D eigenvalue weighted by atomic mass is 9.99. The second kappa shape index (κ2) is 5.75. The maximum Gasteiger partial charge on any atom is 0.125 e. The summed E-state index contributed by atoms with van der Waals surface area (Å²) in [5, 5.41) is 0. The highest BCUT2D eigenvalue weighted by Gasteiger charge is 2.35. The van der Waals surface area contributed by atoms with Gasteiger partial charge < -0.3 is 9.47 Å². The predicted octanol–water partition coefficient (Wildman–Crippen LogP) is 3.54. The summed E-state index contributed by atoms with van der Waals surface area (Å²) in [6, 6.07) is 4.57. The molecule has 100 valence electrons. The molecule has 0 saturated carbocycles. The minimum atomic E-state index is 0.297. The molecular formula is C16H24O2. The maximum absolute atomic E-state index is 6.02. The molecular weight excluding hydrogens is 224 g/mol. The highest BCUT2D eigenvalue weighted by molar-refractivity contribution is 5.45. The first-order valence-electron chi connectivity index (χ1n) is 7.12. The van der Waals surface area contributed by atoms with Crippen molar-refractivity contribution in [3.8, 4) is 5.75 Å². The van der Waals surface area contributed by atoms with Gasteiger partial charge in [0.15, 0.2) is 0 Å². The molecule has 0 amide bonds. The zero-order chi connectivity index (χ0) is 13.1. The molecule has 2 atom stereocenters. The van der Waals surface area contributed by atoms with E-state index in [0.29, 0.717) is 18.8 Å². The lowest BCUT2D eigenvalue weighted by molar-refractivity contribution is 0.257. The Bertz CT molecular complexity index is 387. The van der Waals surface area contributed by atoms with Crippen molar-refractivity contribution in [2.75, 3.05) is 6.61 Å². The highest BCUT2D eigenvalue weighted by Crippen LogP contribution is 2.30. The van der Waals surface area contributed by atoms with Crippen molar-refractivity contribution in [1.82, 2.24) is 0 Å². The predicted molar refractivity (Wildman–Crippen MR) is 74.4 cm³/mol. The first-order chi connectivity index (χ1) is 8.69. The summed E-state index contributed by atoms with van der Waals surface area (Å²) >= 11 is 0. The molecule has 0 aliphatic carbocycles. The molecule has 1 fully saturated rings. The summed E-state index contributed by atoms with van der Waals surface area (Å²) in [4.78, 5) is 0. The molecule has 1 saturated heterocycles. The molecule has 2 rings (SSSR count). The zero-order valence-electron chi connectivity index (χ0n) is 12.0. The summed E-state index contributed by atoms with van der Waals surface area (Å²) in [7, 11) is 0. The number of rotatable bonds is 6. The molecule has 1 heterocycles. The topological polar surface area (TPSA) is 21.8 Å². The standard InChI is InChI=1S/C16H24O2/c1-5-12-8-13(6-2)16(14(7-3)9-12)17-10-15-11(4)18-15/h8-9,11,15H,5-7,10H2,1-4H3. The van der Waals surface area contributed by atoms with Crippen LogP contribution in [0.3, 0.4) is 0 Å². The van der Waals surface area contributed by atoms with Crippen LogP contribution in [0.5, 0.6) is 5.75 Å². The van der Waals surface area contributed by atoms with E-state index in [1.807, 2.05) is 0 Å². The summed E-state index contributed by atoms with van der Waals surface area (Å²) in [5.74, 6) is 1.10. The molecule has 18 heavy (non-hydrogen) atoms. The van der Waals surface area contributed by atoms with Crippen molar-refractivity contribution >= 4 is 0 Å². The average Bonchev–Trinajstić information content (AvgIpc) is 3.11. The number of hydrogen-bond acceptors (Lipinski definition) is 2. The van der Waals surface area contributed by atoms with E-state index in [1.54, 1.807) is 0 Å². The maximum atomic E-state index is 6.02. The van der Waals surface area contributed by atoms with Crippen LogP contribution in [0.2, 0.25) is 0 Å². The van der Waals surface area contributed by atoms with Gasteiger partial charge in [0.2, 0.25) is 0 Å². The van der Waals surface area contributed by atoms with Gasteiger partial charge in [0.25, 0.3) is 0 Å². The van der Waals surface area contributed by atoms with Crippen LogP contribution in [-0.4, -0.2) is 18.8 Å². The van der Waals surface area contributed by atoms with Crippen LogP contribution >= 0.6 is 0 Å². The van der Waals surface area contributed by atoms with Crippen LogP contribution in [0.25, 0.3) is 0 Å². The van der Waals surface area contributed by atoms with Crippen LogP contribution in [0.15, 0.2) is 12.1 Å². The third-order valence-corrected chi connectivity index (χ3v) is 3.70. The van der Waals surface area contributed by atoms with Gasteiger partial charge in [-0.2, -0.15) is 0 Å².